The largest absolute Gasteiger partial charge is 0.454 e. The second kappa shape index (κ2) is 8.46. The van der Waals surface area contributed by atoms with Crippen LogP contribution in [0.25, 0.3) is 11.1 Å². The molecule has 156 valence electrons. The molecule has 0 radical (unpaired) electrons. The minimum absolute atomic E-state index is 0.00449. The Morgan fingerprint density at radius 2 is 2.10 bits per heavy atom. The van der Waals surface area contributed by atoms with Crippen molar-refractivity contribution in [1.29, 1.82) is 0 Å². The molecule has 1 saturated carbocycles. The number of carbonyl (C=O) groups is 2. The van der Waals surface area contributed by atoms with E-state index in [0.717, 1.165) is 29.9 Å². The first-order valence-electron chi connectivity index (χ1n) is 9.49. The van der Waals surface area contributed by atoms with Crippen molar-refractivity contribution in [2.24, 2.45) is 11.8 Å². The van der Waals surface area contributed by atoms with Crippen molar-refractivity contribution < 1.29 is 23.7 Å². The number of oxazole rings is 1. The number of aromatic nitrogens is 1. The molecule has 1 aromatic carbocycles. The van der Waals surface area contributed by atoms with Gasteiger partial charge in [-0.15, -0.1) is 0 Å². The summed E-state index contributed by atoms with van der Waals surface area (Å²) in [7, 11) is 0. The van der Waals surface area contributed by atoms with Crippen LogP contribution in [0.4, 0.5) is 5.69 Å². The number of rotatable bonds is 6. The van der Waals surface area contributed by atoms with Gasteiger partial charge in [-0.1, -0.05) is 26.7 Å². The summed E-state index contributed by atoms with van der Waals surface area (Å²) in [5.41, 5.74) is -0.00826. The minimum Gasteiger partial charge on any atom is -0.454 e. The fourth-order valence-corrected chi connectivity index (χ4v) is 3.67. The standard InChI is InChI=1S/C19H23N3O7/c1-11-4-3-5-14(12(11)2)20-17(23)10-28-18(24)9-21-15-7-6-13(22(26)27)8-16(15)29-19(21)25/h6-8,11-12,14H,3-5,9-10H2,1-2H3,(H,20,23). The van der Waals surface area contributed by atoms with E-state index >= 15 is 0 Å². The number of nitro groups is 1. The molecule has 0 aliphatic heterocycles. The lowest BCUT2D eigenvalue weighted by atomic mass is 9.78. The Hall–Kier alpha value is -3.17. The number of fused-ring (bicyclic) bond motifs is 1. The van der Waals surface area contributed by atoms with E-state index in [1.807, 2.05) is 0 Å². The third-order valence-corrected chi connectivity index (χ3v) is 5.57. The predicted molar refractivity (Wildman–Crippen MR) is 102 cm³/mol. The fraction of sp³-hybridized carbons (Fsp3) is 0.526. The van der Waals surface area contributed by atoms with Crippen LogP contribution in [0.3, 0.4) is 0 Å². The van der Waals surface area contributed by atoms with E-state index in [-0.39, 0.29) is 28.7 Å². The molecule has 3 atom stereocenters. The highest BCUT2D eigenvalue weighted by molar-refractivity contribution is 5.82. The first-order valence-corrected chi connectivity index (χ1v) is 9.49. The smallest absolute Gasteiger partial charge is 0.420 e. The SMILES string of the molecule is CC1CCCC(NC(=O)COC(=O)Cn2c(=O)oc3cc([N+](=O)[O-])ccc32)C1C. The topological polar surface area (TPSA) is 134 Å². The molecular formula is C19H23N3O7. The van der Waals surface area contributed by atoms with E-state index in [1.54, 1.807) is 0 Å². The van der Waals surface area contributed by atoms with Crippen LogP contribution in [-0.4, -0.2) is 34.0 Å². The quantitative estimate of drug-likeness (QED) is 0.441. The first kappa shape index (κ1) is 20.6. The second-order valence-corrected chi connectivity index (χ2v) is 7.47. The van der Waals surface area contributed by atoms with Gasteiger partial charge in [-0.3, -0.25) is 24.3 Å². The monoisotopic (exact) mass is 405 g/mol. The summed E-state index contributed by atoms with van der Waals surface area (Å²) in [5, 5.41) is 13.7. The number of hydrogen-bond donors (Lipinski definition) is 1. The van der Waals surface area contributed by atoms with Gasteiger partial charge in [-0.25, -0.2) is 4.79 Å². The average molecular weight is 405 g/mol. The molecule has 1 aliphatic rings. The molecule has 2 aromatic rings. The van der Waals surface area contributed by atoms with Crippen molar-refractivity contribution in [3.63, 3.8) is 0 Å². The molecule has 1 fully saturated rings. The Labute approximate surface area is 166 Å². The lowest BCUT2D eigenvalue weighted by molar-refractivity contribution is -0.384. The van der Waals surface area contributed by atoms with Gasteiger partial charge in [-0.2, -0.15) is 0 Å². The Morgan fingerprint density at radius 1 is 1.34 bits per heavy atom. The van der Waals surface area contributed by atoms with Crippen LogP contribution < -0.4 is 11.1 Å². The molecule has 0 spiro atoms. The molecule has 3 rings (SSSR count). The van der Waals surface area contributed by atoms with Crippen LogP contribution in [0.2, 0.25) is 0 Å². The number of nitrogens with zero attached hydrogens (tertiary/aromatic N) is 2. The number of carbonyl (C=O) groups excluding carboxylic acids is 2. The van der Waals surface area contributed by atoms with Crippen LogP contribution in [0.5, 0.6) is 0 Å². The number of benzene rings is 1. The Kier molecular flexibility index (Phi) is 6.00. The molecule has 10 heteroatoms. The zero-order chi connectivity index (χ0) is 21.1. The van der Waals surface area contributed by atoms with Crippen LogP contribution in [0.1, 0.15) is 33.1 Å². The van der Waals surface area contributed by atoms with Crippen molar-refractivity contribution in [2.75, 3.05) is 6.61 Å². The van der Waals surface area contributed by atoms with E-state index in [4.69, 9.17) is 9.15 Å². The molecular weight excluding hydrogens is 382 g/mol. The van der Waals surface area contributed by atoms with Gasteiger partial charge < -0.3 is 14.5 Å². The summed E-state index contributed by atoms with van der Waals surface area (Å²) >= 11 is 0. The summed E-state index contributed by atoms with van der Waals surface area (Å²) < 4.78 is 10.9. The second-order valence-electron chi connectivity index (χ2n) is 7.47. The minimum atomic E-state index is -0.841. The third kappa shape index (κ3) is 4.64. The number of nitro benzene ring substituents is 1. The highest BCUT2D eigenvalue weighted by Crippen LogP contribution is 2.29. The van der Waals surface area contributed by atoms with Crippen LogP contribution >= 0.6 is 0 Å². The molecule has 1 heterocycles. The molecule has 0 saturated heterocycles. The maximum atomic E-state index is 12.1. The summed E-state index contributed by atoms with van der Waals surface area (Å²) in [6.07, 6.45) is 3.08. The molecule has 1 amide bonds. The molecule has 3 unspecified atom stereocenters. The van der Waals surface area contributed by atoms with Gasteiger partial charge in [0, 0.05) is 12.1 Å². The van der Waals surface area contributed by atoms with Gasteiger partial charge in [0.15, 0.2) is 12.2 Å². The predicted octanol–water partition coefficient (Wildman–Crippen LogP) is 1.99. The molecule has 29 heavy (non-hydrogen) atoms. The number of amides is 1. The molecule has 1 aliphatic carbocycles. The number of ether oxygens (including phenoxy) is 1. The maximum absolute atomic E-state index is 12.1. The molecule has 0 bridgehead atoms. The van der Waals surface area contributed by atoms with Crippen molar-refractivity contribution in [3.8, 4) is 0 Å². The summed E-state index contributed by atoms with van der Waals surface area (Å²) in [5.74, 6) is -1.14. The number of hydrogen-bond acceptors (Lipinski definition) is 7. The highest BCUT2D eigenvalue weighted by atomic mass is 16.6. The van der Waals surface area contributed by atoms with Gasteiger partial charge in [0.05, 0.1) is 16.5 Å². The normalized spacial score (nSPS) is 21.7. The van der Waals surface area contributed by atoms with Crippen LogP contribution in [0, 0.1) is 22.0 Å². The van der Waals surface area contributed by atoms with Crippen molar-refractivity contribution in [3.05, 3.63) is 38.9 Å². The zero-order valence-corrected chi connectivity index (χ0v) is 16.3. The lowest BCUT2D eigenvalue weighted by Crippen LogP contribution is -2.45. The van der Waals surface area contributed by atoms with Crippen LogP contribution in [-0.2, 0) is 20.9 Å². The number of esters is 1. The Morgan fingerprint density at radius 3 is 2.83 bits per heavy atom. The van der Waals surface area contributed by atoms with E-state index in [1.165, 1.54) is 12.1 Å². The van der Waals surface area contributed by atoms with Gasteiger partial charge in [0.25, 0.3) is 11.6 Å². The number of nitrogens with one attached hydrogen (secondary N) is 1. The summed E-state index contributed by atoms with van der Waals surface area (Å²) in [6.45, 7) is 3.35. The maximum Gasteiger partial charge on any atom is 0.420 e. The van der Waals surface area contributed by atoms with E-state index < -0.39 is 29.8 Å². The van der Waals surface area contributed by atoms with E-state index in [9.17, 15) is 24.5 Å². The average Bonchev–Trinajstić information content (AvgIpc) is 2.98. The lowest BCUT2D eigenvalue weighted by Gasteiger charge is -2.34. The van der Waals surface area contributed by atoms with Gasteiger partial charge in [0.2, 0.25) is 0 Å². The summed E-state index contributed by atoms with van der Waals surface area (Å²) in [6, 6.07) is 3.70. The van der Waals surface area contributed by atoms with Crippen molar-refractivity contribution in [2.45, 2.75) is 45.7 Å². The number of non-ortho nitro benzene ring substituents is 1. The Balaban J connectivity index is 1.58. The highest BCUT2D eigenvalue weighted by Gasteiger charge is 2.28. The van der Waals surface area contributed by atoms with Gasteiger partial charge in [0.1, 0.15) is 6.54 Å². The van der Waals surface area contributed by atoms with E-state index in [2.05, 4.69) is 19.2 Å². The Bertz CT molecular complexity index is 993. The zero-order valence-electron chi connectivity index (χ0n) is 16.3. The van der Waals surface area contributed by atoms with Crippen molar-refractivity contribution in [1.82, 2.24) is 9.88 Å². The third-order valence-electron chi connectivity index (χ3n) is 5.57. The van der Waals surface area contributed by atoms with Crippen LogP contribution in [0.15, 0.2) is 27.4 Å². The molecule has 10 nitrogen and oxygen atoms in total. The van der Waals surface area contributed by atoms with E-state index in [0.29, 0.717) is 11.8 Å². The van der Waals surface area contributed by atoms with Gasteiger partial charge in [-0.05, 0) is 24.3 Å². The van der Waals surface area contributed by atoms with Crippen molar-refractivity contribution >= 4 is 28.7 Å². The fourth-order valence-electron chi connectivity index (χ4n) is 3.67. The molecule has 1 aromatic heterocycles. The van der Waals surface area contributed by atoms with Gasteiger partial charge >= 0.3 is 11.7 Å². The summed E-state index contributed by atoms with van der Waals surface area (Å²) in [4.78, 5) is 46.4. The first-order chi connectivity index (χ1) is 13.8. The molecule has 1 N–H and O–H groups in total.